The van der Waals surface area contributed by atoms with E-state index in [9.17, 15) is 18.0 Å². The van der Waals surface area contributed by atoms with Crippen LogP contribution < -0.4 is 10.1 Å². The summed E-state index contributed by atoms with van der Waals surface area (Å²) in [6.07, 6.45) is -4.44. The topological polar surface area (TPSA) is 77.2 Å². The Bertz CT molecular complexity index is 991. The van der Waals surface area contributed by atoms with Gasteiger partial charge in [0.05, 0.1) is 10.6 Å². The summed E-state index contributed by atoms with van der Waals surface area (Å²) in [5.41, 5.74) is -0.535. The van der Waals surface area contributed by atoms with Crippen LogP contribution in [0.15, 0.2) is 46.9 Å². The fourth-order valence-corrected chi connectivity index (χ4v) is 2.55. The average Bonchev–Trinajstić information content (AvgIpc) is 3.09. The lowest BCUT2D eigenvalue weighted by Gasteiger charge is -2.07. The van der Waals surface area contributed by atoms with Gasteiger partial charge in [0, 0.05) is 10.6 Å². The summed E-state index contributed by atoms with van der Waals surface area (Å²) in [7, 11) is 0. The number of carbonyl (C=O) groups excluding carboxylic acids is 1. The van der Waals surface area contributed by atoms with Gasteiger partial charge in [0.15, 0.2) is 6.61 Å². The van der Waals surface area contributed by atoms with Gasteiger partial charge in [-0.15, -0.1) is 5.10 Å². The molecule has 0 saturated heterocycles. The molecule has 28 heavy (non-hydrogen) atoms. The van der Waals surface area contributed by atoms with Crippen molar-refractivity contribution in [2.24, 2.45) is 0 Å². The van der Waals surface area contributed by atoms with Crippen LogP contribution in [0.5, 0.6) is 5.75 Å². The quantitative estimate of drug-likeness (QED) is 0.609. The van der Waals surface area contributed by atoms with Crippen LogP contribution in [0.4, 0.5) is 19.2 Å². The van der Waals surface area contributed by atoms with Gasteiger partial charge >= 0.3 is 12.2 Å². The van der Waals surface area contributed by atoms with Crippen LogP contribution in [0.1, 0.15) is 5.56 Å². The summed E-state index contributed by atoms with van der Waals surface area (Å²) < 4.78 is 48.2. The van der Waals surface area contributed by atoms with Gasteiger partial charge < -0.3 is 9.15 Å². The lowest BCUT2D eigenvalue weighted by molar-refractivity contribution is -0.137. The maximum Gasteiger partial charge on any atom is 0.416 e. The molecule has 0 radical (unpaired) electrons. The molecule has 2 aromatic carbocycles. The molecule has 1 aromatic heterocycles. The maximum atomic E-state index is 12.6. The van der Waals surface area contributed by atoms with Crippen molar-refractivity contribution in [2.75, 3.05) is 11.9 Å². The highest BCUT2D eigenvalue weighted by atomic mass is 35.5. The number of amides is 1. The van der Waals surface area contributed by atoms with Gasteiger partial charge in [-0.1, -0.05) is 28.3 Å². The number of rotatable bonds is 5. The first-order chi connectivity index (χ1) is 13.2. The van der Waals surface area contributed by atoms with Gasteiger partial charge in [0.1, 0.15) is 5.75 Å². The zero-order valence-electron chi connectivity index (χ0n) is 13.8. The van der Waals surface area contributed by atoms with E-state index in [-0.39, 0.29) is 34.8 Å². The lowest BCUT2D eigenvalue weighted by Crippen LogP contribution is -2.20. The monoisotopic (exact) mass is 431 g/mol. The number of alkyl halides is 3. The smallest absolute Gasteiger partial charge is 0.416 e. The van der Waals surface area contributed by atoms with E-state index in [4.69, 9.17) is 32.4 Å². The minimum Gasteiger partial charge on any atom is -0.482 e. The van der Waals surface area contributed by atoms with Crippen molar-refractivity contribution in [3.05, 3.63) is 58.1 Å². The van der Waals surface area contributed by atoms with Crippen molar-refractivity contribution in [2.45, 2.75) is 6.18 Å². The molecule has 0 spiro atoms. The molecule has 1 heterocycles. The first-order valence-electron chi connectivity index (χ1n) is 7.61. The zero-order valence-corrected chi connectivity index (χ0v) is 15.3. The lowest BCUT2D eigenvalue weighted by atomic mass is 10.1. The van der Waals surface area contributed by atoms with Crippen LogP contribution in [0.25, 0.3) is 11.5 Å². The summed E-state index contributed by atoms with van der Waals surface area (Å²) in [5.74, 6) is -0.392. The van der Waals surface area contributed by atoms with E-state index in [1.54, 1.807) is 6.07 Å². The van der Waals surface area contributed by atoms with Gasteiger partial charge in [-0.25, -0.2) is 0 Å². The highest BCUT2D eigenvalue weighted by Crippen LogP contribution is 2.31. The van der Waals surface area contributed by atoms with Crippen LogP contribution in [-0.2, 0) is 11.0 Å². The van der Waals surface area contributed by atoms with Gasteiger partial charge in [-0.05, 0) is 42.5 Å². The van der Waals surface area contributed by atoms with E-state index >= 15 is 0 Å². The van der Waals surface area contributed by atoms with Gasteiger partial charge in [-0.2, -0.15) is 13.2 Å². The fraction of sp³-hybridized carbons (Fsp3) is 0.118. The van der Waals surface area contributed by atoms with Crippen molar-refractivity contribution < 1.29 is 27.1 Å². The number of anilines is 1. The molecule has 0 atom stereocenters. The molecular formula is C17H10Cl2F3N3O3. The van der Waals surface area contributed by atoms with Crippen LogP contribution in [0, 0.1) is 0 Å². The normalized spacial score (nSPS) is 11.3. The number of hydrogen-bond acceptors (Lipinski definition) is 5. The molecule has 11 heteroatoms. The minimum atomic E-state index is -4.44. The molecule has 3 rings (SSSR count). The van der Waals surface area contributed by atoms with E-state index in [1.165, 1.54) is 24.3 Å². The third-order valence-corrected chi connectivity index (χ3v) is 3.91. The molecule has 1 amide bonds. The number of halogens is 5. The number of ether oxygens (including phenoxy) is 1. The second-order valence-corrected chi connectivity index (χ2v) is 6.24. The van der Waals surface area contributed by atoms with Crippen LogP contribution in [-0.4, -0.2) is 22.7 Å². The van der Waals surface area contributed by atoms with E-state index in [0.29, 0.717) is 5.02 Å². The molecule has 0 aliphatic rings. The molecule has 1 N–H and O–H groups in total. The first-order valence-corrected chi connectivity index (χ1v) is 8.37. The number of nitrogens with zero attached hydrogens (tertiary/aromatic N) is 2. The van der Waals surface area contributed by atoms with Crippen molar-refractivity contribution in [3.8, 4) is 17.2 Å². The number of carbonyl (C=O) groups is 1. The molecule has 0 bridgehead atoms. The van der Waals surface area contributed by atoms with Crippen LogP contribution in [0.3, 0.4) is 0 Å². The molecule has 6 nitrogen and oxygen atoms in total. The summed E-state index contributed by atoms with van der Waals surface area (Å²) in [4.78, 5) is 11.9. The Labute approximate surface area is 166 Å². The summed E-state index contributed by atoms with van der Waals surface area (Å²) >= 11 is 11.7. The largest absolute Gasteiger partial charge is 0.482 e. The molecule has 3 aromatic rings. The van der Waals surface area contributed by atoms with E-state index in [0.717, 1.165) is 12.1 Å². The summed E-state index contributed by atoms with van der Waals surface area (Å²) in [5, 5.41) is 10.3. The number of benzene rings is 2. The Morgan fingerprint density at radius 3 is 2.46 bits per heavy atom. The number of aromatic nitrogens is 2. The Morgan fingerprint density at radius 1 is 1.11 bits per heavy atom. The fourth-order valence-electron chi connectivity index (χ4n) is 2.08. The molecule has 0 aliphatic heterocycles. The van der Waals surface area contributed by atoms with Crippen LogP contribution in [0.2, 0.25) is 10.0 Å². The molecule has 0 unspecified atom stereocenters. The Morgan fingerprint density at radius 2 is 1.82 bits per heavy atom. The van der Waals surface area contributed by atoms with E-state index in [1.807, 2.05) is 0 Å². The first kappa shape index (κ1) is 20.0. The van der Waals surface area contributed by atoms with Crippen molar-refractivity contribution in [1.82, 2.24) is 10.2 Å². The Kier molecular flexibility index (Phi) is 5.76. The molecule has 0 aliphatic carbocycles. The van der Waals surface area contributed by atoms with Gasteiger partial charge in [0.25, 0.3) is 5.91 Å². The minimum absolute atomic E-state index is 0.0503. The van der Waals surface area contributed by atoms with E-state index in [2.05, 4.69) is 15.5 Å². The van der Waals surface area contributed by atoms with Crippen molar-refractivity contribution in [3.63, 3.8) is 0 Å². The average molecular weight is 432 g/mol. The second kappa shape index (κ2) is 8.07. The van der Waals surface area contributed by atoms with Crippen molar-refractivity contribution >= 4 is 35.1 Å². The molecule has 0 fully saturated rings. The summed E-state index contributed by atoms with van der Waals surface area (Å²) in [6.45, 7) is -0.390. The predicted molar refractivity (Wildman–Crippen MR) is 95.3 cm³/mol. The van der Waals surface area contributed by atoms with E-state index < -0.39 is 17.6 Å². The van der Waals surface area contributed by atoms with Gasteiger partial charge in [-0.3, -0.25) is 10.1 Å². The zero-order chi connectivity index (χ0) is 20.3. The maximum absolute atomic E-state index is 12.6. The summed E-state index contributed by atoms with van der Waals surface area (Å²) in [6, 6.07) is 8.45. The third-order valence-electron chi connectivity index (χ3n) is 3.38. The van der Waals surface area contributed by atoms with Crippen LogP contribution >= 0.6 is 23.2 Å². The molecule has 146 valence electrons. The standard InChI is InChI=1S/C17H10Cl2F3N3O3/c18-11-5-6-13(12(19)7-11)27-8-14(26)23-16-25-24-15(28-16)9-1-3-10(4-2-9)17(20,21)22/h1-7H,8H2,(H,23,25,26). The van der Waals surface area contributed by atoms with Gasteiger partial charge in [0.2, 0.25) is 5.89 Å². The van der Waals surface area contributed by atoms with Crippen molar-refractivity contribution in [1.29, 1.82) is 0 Å². The highest BCUT2D eigenvalue weighted by molar-refractivity contribution is 6.35. The molecular weight excluding hydrogens is 422 g/mol. The predicted octanol–water partition coefficient (Wildman–Crippen LogP) is 5.08. The Hall–Kier alpha value is -2.78. The highest BCUT2D eigenvalue weighted by Gasteiger charge is 2.30. The Balaban J connectivity index is 1.60. The molecule has 0 saturated carbocycles. The number of hydrogen-bond donors (Lipinski definition) is 1. The third kappa shape index (κ3) is 4.93. The SMILES string of the molecule is O=C(COc1ccc(Cl)cc1Cl)Nc1nnc(-c2ccc(C(F)(F)F)cc2)o1. The number of nitrogens with one attached hydrogen (secondary N) is 1. The second-order valence-electron chi connectivity index (χ2n) is 5.40.